The van der Waals surface area contributed by atoms with Crippen molar-refractivity contribution in [3.05, 3.63) is 26.7 Å². The van der Waals surface area contributed by atoms with Crippen molar-refractivity contribution < 1.29 is 0 Å². The summed E-state index contributed by atoms with van der Waals surface area (Å²) in [5.74, 6) is 1.29. The van der Waals surface area contributed by atoms with Crippen molar-refractivity contribution in [2.45, 2.75) is 58.7 Å². The molecule has 2 N–H and O–H groups in total. The summed E-state index contributed by atoms with van der Waals surface area (Å²) in [4.78, 5) is 29.9. The van der Waals surface area contributed by atoms with E-state index in [2.05, 4.69) is 4.98 Å². The maximum absolute atomic E-state index is 12.8. The molecule has 0 amide bonds. The van der Waals surface area contributed by atoms with Gasteiger partial charge < -0.3 is 10.3 Å². The fourth-order valence-corrected chi connectivity index (χ4v) is 3.02. The molecule has 0 bridgehead atoms. The smallest absolute Gasteiger partial charge is 0.328 e. The maximum Gasteiger partial charge on any atom is 0.332 e. The second-order valence-electron chi connectivity index (χ2n) is 5.95. The number of rotatable bonds is 5. The number of nitrogens with two attached hydrogens (primary N) is 1. The lowest BCUT2D eigenvalue weighted by atomic mass is 10.3. The summed E-state index contributed by atoms with van der Waals surface area (Å²) in [6.07, 6.45) is 2.16. The van der Waals surface area contributed by atoms with Gasteiger partial charge in [0.25, 0.3) is 5.56 Å². The fraction of sp³-hybridized carbons (Fsp3) is 0.667. The number of fused-ring (bicyclic) bond motifs is 1. The fourth-order valence-electron chi connectivity index (χ4n) is 3.02. The molecule has 2 heterocycles. The lowest BCUT2D eigenvalue weighted by Gasteiger charge is -2.16. The highest BCUT2D eigenvalue weighted by molar-refractivity contribution is 5.71. The van der Waals surface area contributed by atoms with Crippen LogP contribution >= 0.6 is 0 Å². The summed E-state index contributed by atoms with van der Waals surface area (Å²) >= 11 is 0. The minimum atomic E-state index is -0.283. The largest absolute Gasteiger partial charge is 0.332 e. The van der Waals surface area contributed by atoms with Crippen LogP contribution in [0, 0.1) is 0 Å². The number of aryl methyl sites for hydroxylation is 1. The first-order chi connectivity index (χ1) is 10.5. The van der Waals surface area contributed by atoms with E-state index in [4.69, 9.17) is 5.73 Å². The lowest BCUT2D eigenvalue weighted by Crippen LogP contribution is -2.40. The van der Waals surface area contributed by atoms with Crippen LogP contribution in [0.4, 0.5) is 0 Å². The average molecular weight is 305 g/mol. The zero-order chi connectivity index (χ0) is 16.0. The van der Waals surface area contributed by atoms with Crippen molar-refractivity contribution in [1.82, 2.24) is 18.7 Å². The van der Waals surface area contributed by atoms with Gasteiger partial charge in [-0.2, -0.15) is 0 Å². The molecule has 1 saturated carbocycles. The van der Waals surface area contributed by atoms with Gasteiger partial charge in [0.1, 0.15) is 5.82 Å². The number of nitrogens with zero attached hydrogens (tertiary/aromatic N) is 4. The lowest BCUT2D eigenvalue weighted by molar-refractivity contribution is 0.542. The molecule has 7 nitrogen and oxygen atoms in total. The molecule has 3 rings (SSSR count). The summed E-state index contributed by atoms with van der Waals surface area (Å²) in [5, 5.41) is 0. The van der Waals surface area contributed by atoms with E-state index in [1.54, 1.807) is 4.57 Å². The molecular weight excluding hydrogens is 282 g/mol. The van der Waals surface area contributed by atoms with Crippen LogP contribution in [0.5, 0.6) is 0 Å². The summed E-state index contributed by atoms with van der Waals surface area (Å²) in [5.41, 5.74) is 6.32. The summed E-state index contributed by atoms with van der Waals surface area (Å²) in [6.45, 7) is 6.98. The Balaban J connectivity index is 2.48. The molecule has 0 radical (unpaired) electrons. The van der Waals surface area contributed by atoms with Crippen LogP contribution in [0.1, 0.15) is 51.4 Å². The van der Waals surface area contributed by atoms with E-state index in [-0.39, 0.29) is 17.3 Å². The third kappa shape index (κ3) is 2.03. The first-order valence-electron chi connectivity index (χ1n) is 8.00. The van der Waals surface area contributed by atoms with Crippen molar-refractivity contribution in [2.75, 3.05) is 6.54 Å². The highest BCUT2D eigenvalue weighted by Gasteiger charge is 2.33. The van der Waals surface area contributed by atoms with Crippen LogP contribution < -0.4 is 17.0 Å². The molecule has 120 valence electrons. The minimum absolute atomic E-state index is 0.0126. The topological polar surface area (TPSA) is 87.8 Å². The van der Waals surface area contributed by atoms with Gasteiger partial charge in [-0.3, -0.25) is 13.9 Å². The molecule has 1 unspecified atom stereocenters. The third-order valence-electron chi connectivity index (χ3n) is 4.44. The number of hydrogen-bond donors (Lipinski definition) is 1. The van der Waals surface area contributed by atoms with Crippen molar-refractivity contribution in [1.29, 1.82) is 0 Å². The Morgan fingerprint density at radius 2 is 1.86 bits per heavy atom. The van der Waals surface area contributed by atoms with Gasteiger partial charge in [-0.1, -0.05) is 0 Å². The second-order valence-corrected chi connectivity index (χ2v) is 5.95. The van der Waals surface area contributed by atoms with Gasteiger partial charge >= 0.3 is 5.69 Å². The van der Waals surface area contributed by atoms with Gasteiger partial charge in [0, 0.05) is 31.6 Å². The average Bonchev–Trinajstić information content (AvgIpc) is 3.28. The summed E-state index contributed by atoms with van der Waals surface area (Å²) in [7, 11) is 0. The van der Waals surface area contributed by atoms with Gasteiger partial charge in [0.2, 0.25) is 0 Å². The Hall–Kier alpha value is -1.89. The van der Waals surface area contributed by atoms with Crippen molar-refractivity contribution in [2.24, 2.45) is 5.73 Å². The van der Waals surface area contributed by atoms with E-state index in [1.165, 1.54) is 4.57 Å². The summed E-state index contributed by atoms with van der Waals surface area (Å²) < 4.78 is 4.84. The molecule has 7 heteroatoms. The number of imidazole rings is 1. The first kappa shape index (κ1) is 15.0. The molecule has 0 aliphatic heterocycles. The van der Waals surface area contributed by atoms with Crippen molar-refractivity contribution >= 4 is 11.2 Å². The van der Waals surface area contributed by atoms with Crippen LogP contribution in [0.15, 0.2) is 9.59 Å². The molecule has 0 aromatic carbocycles. The van der Waals surface area contributed by atoms with Crippen LogP contribution in [0.3, 0.4) is 0 Å². The van der Waals surface area contributed by atoms with E-state index in [1.807, 2.05) is 25.3 Å². The minimum Gasteiger partial charge on any atom is -0.328 e. The van der Waals surface area contributed by atoms with Crippen LogP contribution in [0.25, 0.3) is 11.2 Å². The normalized spacial score (nSPS) is 16.4. The van der Waals surface area contributed by atoms with Gasteiger partial charge in [0.05, 0.1) is 0 Å². The molecular formula is C15H23N5O2. The van der Waals surface area contributed by atoms with Crippen molar-refractivity contribution in [3.63, 3.8) is 0 Å². The monoisotopic (exact) mass is 305 g/mol. The molecule has 1 fully saturated rings. The predicted molar refractivity (Wildman–Crippen MR) is 85.3 cm³/mol. The third-order valence-corrected chi connectivity index (χ3v) is 4.44. The van der Waals surface area contributed by atoms with E-state index >= 15 is 0 Å². The van der Waals surface area contributed by atoms with Crippen molar-refractivity contribution in [3.8, 4) is 0 Å². The van der Waals surface area contributed by atoms with Gasteiger partial charge in [0.15, 0.2) is 11.2 Å². The Kier molecular flexibility index (Phi) is 3.68. The second kappa shape index (κ2) is 5.39. The van der Waals surface area contributed by atoms with E-state index in [9.17, 15) is 9.59 Å². The van der Waals surface area contributed by atoms with Crippen LogP contribution in [0.2, 0.25) is 0 Å². The van der Waals surface area contributed by atoms with Crippen LogP contribution in [-0.2, 0) is 13.1 Å². The summed E-state index contributed by atoms with van der Waals surface area (Å²) in [6, 6.07) is -0.0126. The van der Waals surface area contributed by atoms with Gasteiger partial charge in [-0.05, 0) is 33.6 Å². The first-order valence-corrected chi connectivity index (χ1v) is 8.00. The molecule has 1 aliphatic carbocycles. The van der Waals surface area contributed by atoms with E-state index in [0.717, 1.165) is 18.7 Å². The Labute approximate surface area is 128 Å². The van der Waals surface area contributed by atoms with E-state index in [0.29, 0.717) is 36.7 Å². The molecule has 1 aliphatic rings. The highest BCUT2D eigenvalue weighted by atomic mass is 16.2. The molecule has 1 atom stereocenters. The van der Waals surface area contributed by atoms with Crippen LogP contribution in [-0.4, -0.2) is 25.2 Å². The molecule has 22 heavy (non-hydrogen) atoms. The van der Waals surface area contributed by atoms with Gasteiger partial charge in [-0.15, -0.1) is 0 Å². The molecule has 2 aromatic heterocycles. The van der Waals surface area contributed by atoms with Gasteiger partial charge in [-0.25, -0.2) is 9.78 Å². The zero-order valence-electron chi connectivity index (χ0n) is 13.4. The maximum atomic E-state index is 12.8. The SMILES string of the molecule is CCn1c(=O)c2c(nc(C3CC3)n2C(C)CN)n(CC)c1=O. The standard InChI is InChI=1S/C15H23N5O2/c1-4-18-13-11(14(21)19(5-2)15(18)22)20(9(3)8-16)12(17-13)10-6-7-10/h9-10H,4-8,16H2,1-3H3. The predicted octanol–water partition coefficient (Wildman–Crippen LogP) is 0.797. The number of aromatic nitrogens is 4. The zero-order valence-corrected chi connectivity index (χ0v) is 13.4. The number of hydrogen-bond acceptors (Lipinski definition) is 4. The quantitative estimate of drug-likeness (QED) is 0.885. The Morgan fingerprint density at radius 1 is 1.23 bits per heavy atom. The highest BCUT2D eigenvalue weighted by Crippen LogP contribution is 2.41. The Bertz CT molecular complexity index is 825. The van der Waals surface area contributed by atoms with E-state index < -0.39 is 0 Å². The molecule has 0 saturated heterocycles. The molecule has 2 aromatic rings. The molecule has 0 spiro atoms. The Morgan fingerprint density at radius 3 is 2.36 bits per heavy atom.